The van der Waals surface area contributed by atoms with Crippen molar-refractivity contribution in [3.05, 3.63) is 11.6 Å². The van der Waals surface area contributed by atoms with E-state index in [2.05, 4.69) is 11.4 Å². The average molecular weight is 294 g/mol. The van der Waals surface area contributed by atoms with Crippen LogP contribution >= 0.6 is 0 Å². The quantitative estimate of drug-likeness (QED) is 0.740. The Kier molecular flexibility index (Phi) is 6.08. The van der Waals surface area contributed by atoms with Gasteiger partial charge in [0, 0.05) is 26.1 Å². The third kappa shape index (κ3) is 5.40. The number of nitrogens with zero attached hydrogens (tertiary/aromatic N) is 1. The molecule has 5 nitrogen and oxygen atoms in total. The number of hydrogen-bond acceptors (Lipinski definition) is 2. The number of likely N-dealkylation sites (tertiary alicyclic amines) is 1. The number of rotatable bonds is 6. The molecule has 0 spiro atoms. The molecule has 1 fully saturated rings. The summed E-state index contributed by atoms with van der Waals surface area (Å²) in [5.74, 6) is -0.273. The molecule has 0 bridgehead atoms. The molecule has 0 aromatic rings. The van der Waals surface area contributed by atoms with Crippen molar-refractivity contribution in [2.45, 2.75) is 51.4 Å². The van der Waals surface area contributed by atoms with E-state index in [1.165, 1.54) is 24.8 Å². The van der Waals surface area contributed by atoms with Crippen molar-refractivity contribution in [2.24, 2.45) is 5.92 Å². The number of nitrogens with one attached hydrogen (secondary N) is 1. The van der Waals surface area contributed by atoms with Gasteiger partial charge < -0.3 is 15.3 Å². The van der Waals surface area contributed by atoms with Gasteiger partial charge in [0.15, 0.2) is 0 Å². The van der Waals surface area contributed by atoms with Crippen LogP contribution in [0.2, 0.25) is 0 Å². The highest BCUT2D eigenvalue weighted by Gasteiger charge is 2.22. The molecular formula is C16H26N2O3. The van der Waals surface area contributed by atoms with Gasteiger partial charge in [0.25, 0.3) is 0 Å². The Morgan fingerprint density at radius 3 is 2.71 bits per heavy atom. The number of hydrogen-bond donors (Lipinski definition) is 2. The third-order valence-corrected chi connectivity index (χ3v) is 4.53. The molecule has 2 N–H and O–H groups in total. The predicted molar refractivity (Wildman–Crippen MR) is 81.1 cm³/mol. The van der Waals surface area contributed by atoms with Crippen LogP contribution in [0.3, 0.4) is 0 Å². The summed E-state index contributed by atoms with van der Waals surface area (Å²) >= 11 is 0. The monoisotopic (exact) mass is 294 g/mol. The highest BCUT2D eigenvalue weighted by molar-refractivity contribution is 5.74. The first-order valence-electron chi connectivity index (χ1n) is 8.07. The Morgan fingerprint density at radius 1 is 1.33 bits per heavy atom. The minimum absolute atomic E-state index is 0.0327. The molecule has 1 aliphatic carbocycles. The lowest BCUT2D eigenvalue weighted by Crippen LogP contribution is -2.44. The van der Waals surface area contributed by atoms with E-state index in [-0.39, 0.29) is 12.5 Å². The summed E-state index contributed by atoms with van der Waals surface area (Å²) in [4.78, 5) is 24.5. The number of allylic oxidation sites excluding steroid dienone is 1. The highest BCUT2D eigenvalue weighted by atomic mass is 16.4. The number of carboxylic acids is 1. The highest BCUT2D eigenvalue weighted by Crippen LogP contribution is 2.22. The molecule has 1 saturated heterocycles. The maximum Gasteiger partial charge on any atom is 0.317 e. The molecule has 2 rings (SSSR count). The van der Waals surface area contributed by atoms with E-state index < -0.39 is 5.97 Å². The largest absolute Gasteiger partial charge is 0.481 e. The zero-order chi connectivity index (χ0) is 15.1. The fourth-order valence-corrected chi connectivity index (χ4v) is 3.16. The first kappa shape index (κ1) is 15.9. The predicted octanol–water partition coefficient (Wildman–Crippen LogP) is 2.77. The number of urea groups is 1. The van der Waals surface area contributed by atoms with Gasteiger partial charge in [-0.3, -0.25) is 4.79 Å². The SMILES string of the molecule is O=C(O)CCC1CCN(C(=O)NCCC2=CCCC2)CC1. The molecule has 1 aliphatic heterocycles. The maximum absolute atomic E-state index is 12.0. The molecule has 0 aromatic heterocycles. The van der Waals surface area contributed by atoms with Crippen molar-refractivity contribution in [2.75, 3.05) is 19.6 Å². The summed E-state index contributed by atoms with van der Waals surface area (Å²) in [6, 6.07) is 0.0327. The van der Waals surface area contributed by atoms with Gasteiger partial charge in [0.2, 0.25) is 0 Å². The molecule has 2 aliphatic rings. The second-order valence-electron chi connectivity index (χ2n) is 6.10. The standard InChI is InChI=1S/C16H26N2O3/c19-15(20)6-5-14-8-11-18(12-9-14)16(21)17-10-7-13-3-1-2-4-13/h3,14H,1-2,4-12H2,(H,17,21)(H,19,20). The summed E-state index contributed by atoms with van der Waals surface area (Å²) in [5.41, 5.74) is 1.47. The lowest BCUT2D eigenvalue weighted by atomic mass is 9.92. The van der Waals surface area contributed by atoms with Crippen LogP contribution in [-0.2, 0) is 4.79 Å². The fraction of sp³-hybridized carbons (Fsp3) is 0.750. The lowest BCUT2D eigenvalue weighted by molar-refractivity contribution is -0.137. The average Bonchev–Trinajstić information content (AvgIpc) is 2.99. The number of amides is 2. The van der Waals surface area contributed by atoms with Gasteiger partial charge in [0.05, 0.1) is 0 Å². The fourth-order valence-electron chi connectivity index (χ4n) is 3.16. The van der Waals surface area contributed by atoms with Gasteiger partial charge in [-0.05, 0) is 50.9 Å². The number of piperidine rings is 1. The van der Waals surface area contributed by atoms with E-state index in [1.54, 1.807) is 0 Å². The zero-order valence-corrected chi connectivity index (χ0v) is 12.6. The summed E-state index contributed by atoms with van der Waals surface area (Å²) in [6.07, 6.45) is 9.72. The zero-order valence-electron chi connectivity index (χ0n) is 12.6. The van der Waals surface area contributed by atoms with Crippen molar-refractivity contribution in [3.8, 4) is 0 Å². The second kappa shape index (κ2) is 8.05. The van der Waals surface area contributed by atoms with E-state index in [9.17, 15) is 9.59 Å². The van der Waals surface area contributed by atoms with Crippen molar-refractivity contribution in [3.63, 3.8) is 0 Å². The van der Waals surface area contributed by atoms with Crippen molar-refractivity contribution in [1.29, 1.82) is 0 Å². The third-order valence-electron chi connectivity index (χ3n) is 4.53. The molecule has 0 unspecified atom stereocenters. The van der Waals surface area contributed by atoms with Gasteiger partial charge in [-0.2, -0.15) is 0 Å². The second-order valence-corrected chi connectivity index (χ2v) is 6.10. The number of carbonyl (C=O) groups is 2. The Labute approximate surface area is 126 Å². The molecule has 21 heavy (non-hydrogen) atoms. The minimum atomic E-state index is -0.726. The molecular weight excluding hydrogens is 268 g/mol. The van der Waals surface area contributed by atoms with Crippen molar-refractivity contribution >= 4 is 12.0 Å². The summed E-state index contributed by atoms with van der Waals surface area (Å²) < 4.78 is 0. The molecule has 0 radical (unpaired) electrons. The number of carboxylic acid groups (broad SMARTS) is 1. The summed E-state index contributed by atoms with van der Waals surface area (Å²) in [5, 5.41) is 11.7. The molecule has 0 saturated carbocycles. The van der Waals surface area contributed by atoms with Crippen LogP contribution < -0.4 is 5.32 Å². The first-order chi connectivity index (χ1) is 10.1. The van der Waals surface area contributed by atoms with Gasteiger partial charge in [0.1, 0.15) is 0 Å². The van der Waals surface area contributed by atoms with E-state index in [0.717, 1.165) is 45.3 Å². The minimum Gasteiger partial charge on any atom is -0.481 e. The molecule has 0 aromatic carbocycles. The Morgan fingerprint density at radius 2 is 2.10 bits per heavy atom. The van der Waals surface area contributed by atoms with Crippen LogP contribution in [-0.4, -0.2) is 41.6 Å². The maximum atomic E-state index is 12.0. The molecule has 1 heterocycles. The van der Waals surface area contributed by atoms with Crippen LogP contribution in [0.15, 0.2) is 11.6 Å². The van der Waals surface area contributed by atoms with E-state index in [1.807, 2.05) is 4.90 Å². The Balaban J connectivity index is 1.60. The van der Waals surface area contributed by atoms with Gasteiger partial charge >= 0.3 is 12.0 Å². The van der Waals surface area contributed by atoms with E-state index in [4.69, 9.17) is 5.11 Å². The Hall–Kier alpha value is -1.52. The van der Waals surface area contributed by atoms with Gasteiger partial charge in [-0.1, -0.05) is 11.6 Å². The summed E-state index contributed by atoms with van der Waals surface area (Å²) in [6.45, 7) is 2.22. The van der Waals surface area contributed by atoms with Crippen LogP contribution in [0, 0.1) is 5.92 Å². The first-order valence-corrected chi connectivity index (χ1v) is 8.07. The number of aliphatic carboxylic acids is 1. The smallest absolute Gasteiger partial charge is 0.317 e. The van der Waals surface area contributed by atoms with Crippen LogP contribution in [0.25, 0.3) is 0 Å². The topological polar surface area (TPSA) is 69.6 Å². The number of carbonyl (C=O) groups excluding carboxylic acids is 1. The summed E-state index contributed by atoms with van der Waals surface area (Å²) in [7, 11) is 0. The molecule has 118 valence electrons. The van der Waals surface area contributed by atoms with E-state index in [0.29, 0.717) is 5.92 Å². The Bertz CT molecular complexity index is 398. The lowest BCUT2D eigenvalue weighted by Gasteiger charge is -2.31. The molecule has 2 amide bonds. The van der Waals surface area contributed by atoms with Crippen LogP contribution in [0.1, 0.15) is 51.4 Å². The van der Waals surface area contributed by atoms with Crippen LogP contribution in [0.4, 0.5) is 4.79 Å². The normalized spacial score (nSPS) is 19.4. The van der Waals surface area contributed by atoms with Gasteiger partial charge in [-0.25, -0.2) is 4.79 Å². The molecule has 5 heteroatoms. The molecule has 0 atom stereocenters. The van der Waals surface area contributed by atoms with Gasteiger partial charge in [-0.15, -0.1) is 0 Å². The van der Waals surface area contributed by atoms with Crippen LogP contribution in [0.5, 0.6) is 0 Å². The van der Waals surface area contributed by atoms with Crippen molar-refractivity contribution in [1.82, 2.24) is 10.2 Å². The van der Waals surface area contributed by atoms with E-state index >= 15 is 0 Å². The van der Waals surface area contributed by atoms with Crippen molar-refractivity contribution < 1.29 is 14.7 Å².